The number of rotatable bonds is 4. The van der Waals surface area contributed by atoms with Gasteiger partial charge in [0, 0.05) is 6.61 Å². The van der Waals surface area contributed by atoms with Gasteiger partial charge in [0.15, 0.2) is 0 Å². The van der Waals surface area contributed by atoms with E-state index in [4.69, 9.17) is 4.74 Å². The molecule has 1 amide bonds. The van der Waals surface area contributed by atoms with Crippen molar-refractivity contribution in [2.24, 2.45) is 29.6 Å². The van der Waals surface area contributed by atoms with Gasteiger partial charge in [0.25, 0.3) is 0 Å². The maximum absolute atomic E-state index is 12.6. The first-order valence-electron chi connectivity index (χ1n) is 7.98. The molecule has 4 rings (SSSR count). The second kappa shape index (κ2) is 4.83. The standard InChI is InChI=1S/C16H21NO4/c18-15(17-11-5-6-21-14(11)8-1-2-8)12-9-3-4-10(7-9)13(12)16(19)20/h3-4,8-14H,1-2,5-7H2,(H,17,18)(H,19,20)/t9?,10?,11?,12-,13+,14?/m0/s1. The summed E-state index contributed by atoms with van der Waals surface area (Å²) in [4.78, 5) is 24.1. The zero-order valence-corrected chi connectivity index (χ0v) is 11.9. The Morgan fingerprint density at radius 3 is 2.48 bits per heavy atom. The van der Waals surface area contributed by atoms with Crippen LogP contribution in [0.3, 0.4) is 0 Å². The third kappa shape index (κ3) is 2.18. The molecule has 1 heterocycles. The third-order valence-electron chi connectivity index (χ3n) is 5.60. The highest BCUT2D eigenvalue weighted by molar-refractivity contribution is 5.87. The first kappa shape index (κ1) is 13.3. The number of nitrogens with one attached hydrogen (secondary N) is 1. The van der Waals surface area contributed by atoms with Crippen LogP contribution < -0.4 is 5.32 Å². The molecule has 2 N–H and O–H groups in total. The summed E-state index contributed by atoms with van der Waals surface area (Å²) >= 11 is 0. The average Bonchev–Trinajstić information content (AvgIpc) is 2.89. The van der Waals surface area contributed by atoms with Crippen LogP contribution in [0.15, 0.2) is 12.2 Å². The summed E-state index contributed by atoms with van der Waals surface area (Å²) in [5.74, 6) is -1.17. The van der Waals surface area contributed by atoms with Crippen molar-refractivity contribution in [1.29, 1.82) is 0 Å². The highest BCUT2D eigenvalue weighted by atomic mass is 16.5. The lowest BCUT2D eigenvalue weighted by atomic mass is 9.82. The first-order valence-corrected chi connectivity index (χ1v) is 7.98. The molecule has 0 aromatic carbocycles. The molecule has 3 aliphatic carbocycles. The number of carbonyl (C=O) groups is 2. The van der Waals surface area contributed by atoms with E-state index in [0.717, 1.165) is 12.8 Å². The number of fused-ring (bicyclic) bond motifs is 2. The number of carboxylic acids is 1. The van der Waals surface area contributed by atoms with Crippen molar-refractivity contribution in [3.05, 3.63) is 12.2 Å². The zero-order valence-electron chi connectivity index (χ0n) is 11.9. The van der Waals surface area contributed by atoms with Crippen LogP contribution in [0, 0.1) is 29.6 Å². The SMILES string of the molecule is O=C(O)[C@@H]1C2C=CC(C2)[C@@H]1C(=O)NC1CCOC1C1CC1. The van der Waals surface area contributed by atoms with Gasteiger partial charge in [-0.25, -0.2) is 0 Å². The van der Waals surface area contributed by atoms with Crippen molar-refractivity contribution in [2.45, 2.75) is 37.8 Å². The van der Waals surface area contributed by atoms with Crippen LogP contribution >= 0.6 is 0 Å². The number of hydrogen-bond acceptors (Lipinski definition) is 3. The Balaban J connectivity index is 1.47. The molecule has 0 aromatic heterocycles. The maximum atomic E-state index is 12.6. The second-order valence-corrected chi connectivity index (χ2v) is 6.91. The lowest BCUT2D eigenvalue weighted by Crippen LogP contribution is -2.47. The fourth-order valence-corrected chi connectivity index (χ4v) is 4.45. The van der Waals surface area contributed by atoms with Gasteiger partial charge < -0.3 is 15.2 Å². The van der Waals surface area contributed by atoms with Crippen LogP contribution in [-0.2, 0) is 14.3 Å². The molecule has 6 atom stereocenters. The summed E-state index contributed by atoms with van der Waals surface area (Å²) in [5.41, 5.74) is 0. The smallest absolute Gasteiger partial charge is 0.307 e. The minimum Gasteiger partial charge on any atom is -0.481 e. The van der Waals surface area contributed by atoms with Gasteiger partial charge in [-0.05, 0) is 43.4 Å². The van der Waals surface area contributed by atoms with Crippen LogP contribution in [0.25, 0.3) is 0 Å². The van der Waals surface area contributed by atoms with Gasteiger partial charge in [0.1, 0.15) is 0 Å². The number of aliphatic carboxylic acids is 1. The first-order chi connectivity index (χ1) is 10.1. The quantitative estimate of drug-likeness (QED) is 0.763. The minimum absolute atomic E-state index is 0.0299. The molecule has 2 saturated carbocycles. The van der Waals surface area contributed by atoms with Crippen molar-refractivity contribution in [1.82, 2.24) is 5.32 Å². The Kier molecular flexibility index (Phi) is 3.06. The summed E-state index contributed by atoms with van der Waals surface area (Å²) in [6.45, 7) is 0.699. The van der Waals surface area contributed by atoms with E-state index in [1.165, 1.54) is 12.8 Å². The van der Waals surface area contributed by atoms with Gasteiger partial charge in [-0.2, -0.15) is 0 Å². The van der Waals surface area contributed by atoms with Gasteiger partial charge >= 0.3 is 5.97 Å². The Bertz CT molecular complexity index is 499. The van der Waals surface area contributed by atoms with Crippen LogP contribution in [0.2, 0.25) is 0 Å². The Labute approximate surface area is 123 Å². The van der Waals surface area contributed by atoms with Crippen LogP contribution in [-0.4, -0.2) is 35.7 Å². The predicted molar refractivity (Wildman–Crippen MR) is 74.4 cm³/mol. The van der Waals surface area contributed by atoms with Gasteiger partial charge in [-0.1, -0.05) is 12.2 Å². The average molecular weight is 291 g/mol. The van der Waals surface area contributed by atoms with Crippen molar-refractivity contribution in [2.75, 3.05) is 6.61 Å². The molecule has 0 aromatic rings. The molecular formula is C16H21NO4. The molecule has 0 spiro atoms. The Morgan fingerprint density at radius 1 is 1.10 bits per heavy atom. The van der Waals surface area contributed by atoms with Gasteiger partial charge in [0.05, 0.1) is 24.0 Å². The number of ether oxygens (including phenoxy) is 1. The number of allylic oxidation sites excluding steroid dienone is 2. The third-order valence-corrected chi connectivity index (χ3v) is 5.60. The lowest BCUT2D eigenvalue weighted by molar-refractivity contribution is -0.148. The number of hydrogen-bond donors (Lipinski definition) is 2. The summed E-state index contributed by atoms with van der Waals surface area (Å²) in [5, 5.41) is 12.5. The molecule has 0 radical (unpaired) electrons. The summed E-state index contributed by atoms with van der Waals surface area (Å²) in [6.07, 6.45) is 8.17. The van der Waals surface area contributed by atoms with E-state index in [2.05, 4.69) is 5.32 Å². The molecule has 4 unspecified atom stereocenters. The largest absolute Gasteiger partial charge is 0.481 e. The minimum atomic E-state index is -0.839. The molecule has 21 heavy (non-hydrogen) atoms. The van der Waals surface area contributed by atoms with Gasteiger partial charge in [-0.15, -0.1) is 0 Å². The van der Waals surface area contributed by atoms with Gasteiger partial charge in [-0.3, -0.25) is 9.59 Å². The van der Waals surface area contributed by atoms with E-state index in [0.29, 0.717) is 12.5 Å². The van der Waals surface area contributed by atoms with Crippen molar-refractivity contribution < 1.29 is 19.4 Å². The molecule has 1 aliphatic heterocycles. The summed E-state index contributed by atoms with van der Waals surface area (Å²) < 4.78 is 5.74. The van der Waals surface area contributed by atoms with E-state index in [9.17, 15) is 14.7 Å². The predicted octanol–water partition coefficient (Wildman–Crippen LogP) is 1.19. The molecule has 4 aliphatic rings. The molecule has 1 saturated heterocycles. The van der Waals surface area contributed by atoms with E-state index in [-0.39, 0.29) is 29.9 Å². The second-order valence-electron chi connectivity index (χ2n) is 6.91. The molecule has 5 nitrogen and oxygen atoms in total. The maximum Gasteiger partial charge on any atom is 0.307 e. The fourth-order valence-electron chi connectivity index (χ4n) is 4.45. The van der Waals surface area contributed by atoms with E-state index in [1.54, 1.807) is 0 Å². The van der Waals surface area contributed by atoms with Crippen molar-refractivity contribution in [3.63, 3.8) is 0 Å². The van der Waals surface area contributed by atoms with Crippen molar-refractivity contribution in [3.8, 4) is 0 Å². The number of carbonyl (C=O) groups excluding carboxylic acids is 1. The Morgan fingerprint density at radius 2 is 1.81 bits per heavy atom. The van der Waals surface area contributed by atoms with Gasteiger partial charge in [0.2, 0.25) is 5.91 Å². The topological polar surface area (TPSA) is 75.6 Å². The number of amides is 1. The lowest BCUT2D eigenvalue weighted by Gasteiger charge is -2.27. The molecule has 2 bridgehead atoms. The van der Waals surface area contributed by atoms with Crippen molar-refractivity contribution >= 4 is 11.9 Å². The van der Waals surface area contributed by atoms with E-state index < -0.39 is 17.8 Å². The monoisotopic (exact) mass is 291 g/mol. The highest BCUT2D eigenvalue weighted by Crippen LogP contribution is 2.48. The molecule has 5 heteroatoms. The normalized spacial score (nSPS) is 44.2. The van der Waals surface area contributed by atoms with E-state index >= 15 is 0 Å². The van der Waals surface area contributed by atoms with Crippen LogP contribution in [0.4, 0.5) is 0 Å². The highest BCUT2D eigenvalue weighted by Gasteiger charge is 2.52. The number of carboxylic acid groups (broad SMARTS) is 1. The molecular weight excluding hydrogens is 270 g/mol. The summed E-state index contributed by atoms with van der Waals surface area (Å²) in [6, 6.07) is 0.0718. The van der Waals surface area contributed by atoms with E-state index in [1.807, 2.05) is 12.2 Å². The zero-order chi connectivity index (χ0) is 14.6. The van der Waals surface area contributed by atoms with Crippen LogP contribution in [0.5, 0.6) is 0 Å². The van der Waals surface area contributed by atoms with Crippen LogP contribution in [0.1, 0.15) is 25.7 Å². The molecule has 3 fully saturated rings. The fraction of sp³-hybridized carbons (Fsp3) is 0.750. The molecule has 114 valence electrons. The summed E-state index contributed by atoms with van der Waals surface area (Å²) in [7, 11) is 0. The Hall–Kier alpha value is -1.36.